The second-order valence-electron chi connectivity index (χ2n) is 7.93. The van der Waals surface area contributed by atoms with Gasteiger partial charge in [-0.25, -0.2) is 15.0 Å². The second-order valence-corrected chi connectivity index (χ2v) is 8.29. The normalized spacial score (nSPS) is 15.4. The maximum Gasteiger partial charge on any atom is 0.151 e. The van der Waals surface area contributed by atoms with Crippen molar-refractivity contribution >= 4 is 11.6 Å². The van der Waals surface area contributed by atoms with Gasteiger partial charge in [0.1, 0.15) is 11.6 Å². The minimum Gasteiger partial charge on any atom is -0.344 e. The van der Waals surface area contributed by atoms with E-state index in [1.54, 1.807) is 0 Å². The quantitative estimate of drug-likeness (QED) is 0.872. The van der Waals surface area contributed by atoms with Gasteiger partial charge in [-0.3, -0.25) is 4.90 Å². The SMILES string of the molecule is CCCCc1nc(Cl)c(CN2CCc3nc(C(C)(C)C)ncc3C2)[nH]1. The lowest BCUT2D eigenvalue weighted by molar-refractivity contribution is 0.239. The largest absolute Gasteiger partial charge is 0.344 e. The molecule has 2 aromatic heterocycles. The maximum absolute atomic E-state index is 6.32. The molecule has 3 heterocycles. The number of H-pyrrole nitrogens is 1. The Morgan fingerprint density at radius 3 is 2.80 bits per heavy atom. The van der Waals surface area contributed by atoms with Crippen LogP contribution in [-0.2, 0) is 31.3 Å². The lowest BCUT2D eigenvalue weighted by Gasteiger charge is -2.28. The molecule has 1 N–H and O–H groups in total. The van der Waals surface area contributed by atoms with E-state index >= 15 is 0 Å². The van der Waals surface area contributed by atoms with Crippen LogP contribution in [0.2, 0.25) is 5.15 Å². The first-order valence-electron chi connectivity index (χ1n) is 9.17. The second kappa shape index (κ2) is 7.42. The standard InChI is InChI=1S/C19H28ClN5/c1-5-6-7-16-22-15(17(20)24-16)12-25-9-8-14-13(11-25)10-21-18(23-14)19(2,3)4/h10H,5-9,11-12H2,1-4H3,(H,22,24). The number of nitrogens with zero attached hydrogens (tertiary/aromatic N) is 4. The number of halogens is 1. The summed E-state index contributed by atoms with van der Waals surface area (Å²) in [7, 11) is 0. The van der Waals surface area contributed by atoms with E-state index in [-0.39, 0.29) is 5.41 Å². The number of aryl methyl sites for hydroxylation is 1. The predicted molar refractivity (Wildman–Crippen MR) is 101 cm³/mol. The van der Waals surface area contributed by atoms with Crippen LogP contribution < -0.4 is 0 Å². The first-order chi connectivity index (χ1) is 11.9. The van der Waals surface area contributed by atoms with Crippen molar-refractivity contribution in [3.8, 4) is 0 Å². The Morgan fingerprint density at radius 1 is 1.28 bits per heavy atom. The van der Waals surface area contributed by atoms with Crippen molar-refractivity contribution in [3.63, 3.8) is 0 Å². The van der Waals surface area contributed by atoms with Gasteiger partial charge in [0, 0.05) is 55.3 Å². The smallest absolute Gasteiger partial charge is 0.151 e. The molecule has 0 aliphatic carbocycles. The van der Waals surface area contributed by atoms with E-state index in [0.29, 0.717) is 5.15 Å². The Labute approximate surface area is 155 Å². The van der Waals surface area contributed by atoms with Crippen molar-refractivity contribution in [1.29, 1.82) is 0 Å². The highest BCUT2D eigenvalue weighted by Crippen LogP contribution is 2.24. The summed E-state index contributed by atoms with van der Waals surface area (Å²) in [5.41, 5.74) is 3.42. The first kappa shape index (κ1) is 18.3. The third kappa shape index (κ3) is 4.39. The van der Waals surface area contributed by atoms with Crippen LogP contribution in [0.15, 0.2) is 6.20 Å². The Balaban J connectivity index is 1.68. The zero-order valence-corrected chi connectivity index (χ0v) is 16.4. The van der Waals surface area contributed by atoms with Gasteiger partial charge in [-0.2, -0.15) is 0 Å². The Morgan fingerprint density at radius 2 is 2.08 bits per heavy atom. The number of unbranched alkanes of at least 4 members (excludes halogenated alkanes) is 1. The van der Waals surface area contributed by atoms with E-state index < -0.39 is 0 Å². The Kier molecular flexibility index (Phi) is 5.44. The zero-order valence-electron chi connectivity index (χ0n) is 15.7. The summed E-state index contributed by atoms with van der Waals surface area (Å²) < 4.78 is 0. The van der Waals surface area contributed by atoms with Crippen molar-refractivity contribution in [3.05, 3.63) is 40.0 Å². The van der Waals surface area contributed by atoms with Gasteiger partial charge in [-0.05, 0) is 6.42 Å². The van der Waals surface area contributed by atoms with Crippen molar-refractivity contribution < 1.29 is 0 Å². The number of fused-ring (bicyclic) bond motifs is 1. The van der Waals surface area contributed by atoms with Crippen LogP contribution in [-0.4, -0.2) is 31.4 Å². The van der Waals surface area contributed by atoms with Crippen molar-refractivity contribution in [2.45, 2.75) is 71.9 Å². The van der Waals surface area contributed by atoms with Crippen molar-refractivity contribution in [2.75, 3.05) is 6.54 Å². The van der Waals surface area contributed by atoms with Gasteiger partial charge in [0.2, 0.25) is 0 Å². The van der Waals surface area contributed by atoms with Gasteiger partial charge in [-0.15, -0.1) is 0 Å². The molecular weight excluding hydrogens is 334 g/mol. The average Bonchev–Trinajstić information content (AvgIpc) is 2.91. The fraction of sp³-hybridized carbons (Fsp3) is 0.632. The topological polar surface area (TPSA) is 57.7 Å². The number of nitrogens with one attached hydrogen (secondary N) is 1. The van der Waals surface area contributed by atoms with Crippen LogP contribution in [0.25, 0.3) is 0 Å². The van der Waals surface area contributed by atoms with Crippen molar-refractivity contribution in [1.82, 2.24) is 24.8 Å². The van der Waals surface area contributed by atoms with E-state index in [4.69, 9.17) is 16.6 Å². The van der Waals surface area contributed by atoms with Gasteiger partial charge in [0.15, 0.2) is 5.15 Å². The van der Waals surface area contributed by atoms with Gasteiger partial charge in [-0.1, -0.05) is 45.7 Å². The first-order valence-corrected chi connectivity index (χ1v) is 9.55. The summed E-state index contributed by atoms with van der Waals surface area (Å²) in [5.74, 6) is 1.93. The summed E-state index contributed by atoms with van der Waals surface area (Å²) in [4.78, 5) is 19.6. The monoisotopic (exact) mass is 361 g/mol. The summed E-state index contributed by atoms with van der Waals surface area (Å²) in [6, 6.07) is 0. The van der Waals surface area contributed by atoms with Crippen LogP contribution in [0.5, 0.6) is 0 Å². The van der Waals surface area contributed by atoms with Crippen LogP contribution in [0.4, 0.5) is 0 Å². The zero-order chi connectivity index (χ0) is 18.0. The highest BCUT2D eigenvalue weighted by molar-refractivity contribution is 6.30. The number of imidazole rings is 1. The molecule has 0 bridgehead atoms. The lowest BCUT2D eigenvalue weighted by atomic mass is 9.95. The molecule has 0 saturated carbocycles. The van der Waals surface area contributed by atoms with Crippen LogP contribution in [0, 0.1) is 0 Å². The molecule has 0 radical (unpaired) electrons. The van der Waals surface area contributed by atoms with Crippen LogP contribution >= 0.6 is 11.6 Å². The molecule has 136 valence electrons. The average molecular weight is 362 g/mol. The third-order valence-corrected chi connectivity index (χ3v) is 4.92. The minimum absolute atomic E-state index is 0.00943. The number of aromatic amines is 1. The Hall–Kier alpha value is -1.46. The number of rotatable bonds is 5. The van der Waals surface area contributed by atoms with Gasteiger partial charge in [0.25, 0.3) is 0 Å². The molecule has 0 saturated heterocycles. The lowest BCUT2D eigenvalue weighted by Crippen LogP contribution is -2.32. The molecule has 0 unspecified atom stereocenters. The Bertz CT molecular complexity index is 732. The molecule has 0 aromatic carbocycles. The molecule has 6 heteroatoms. The fourth-order valence-electron chi connectivity index (χ4n) is 3.10. The van der Waals surface area contributed by atoms with E-state index in [9.17, 15) is 0 Å². The van der Waals surface area contributed by atoms with Crippen LogP contribution in [0.3, 0.4) is 0 Å². The van der Waals surface area contributed by atoms with E-state index in [1.165, 1.54) is 11.3 Å². The van der Waals surface area contributed by atoms with Gasteiger partial charge >= 0.3 is 0 Å². The molecule has 0 atom stereocenters. The summed E-state index contributed by atoms with van der Waals surface area (Å²) in [5, 5.41) is 0.608. The minimum atomic E-state index is -0.00943. The number of hydrogen-bond donors (Lipinski definition) is 1. The van der Waals surface area contributed by atoms with Gasteiger partial charge in [0.05, 0.1) is 5.69 Å². The van der Waals surface area contributed by atoms with Crippen molar-refractivity contribution in [2.24, 2.45) is 0 Å². The molecule has 1 aliphatic rings. The summed E-state index contributed by atoms with van der Waals surface area (Å²) in [6.45, 7) is 11.3. The molecule has 3 rings (SSSR count). The molecule has 1 aliphatic heterocycles. The van der Waals surface area contributed by atoms with E-state index in [2.05, 4.69) is 47.5 Å². The highest BCUT2D eigenvalue weighted by atomic mass is 35.5. The van der Waals surface area contributed by atoms with Crippen LogP contribution in [0.1, 0.15) is 69.1 Å². The number of hydrogen-bond acceptors (Lipinski definition) is 4. The van der Waals surface area contributed by atoms with E-state index in [0.717, 1.165) is 62.7 Å². The highest BCUT2D eigenvalue weighted by Gasteiger charge is 2.23. The fourth-order valence-corrected chi connectivity index (χ4v) is 3.31. The molecule has 0 amide bonds. The molecule has 0 fully saturated rings. The van der Waals surface area contributed by atoms with E-state index in [1.807, 2.05) is 6.20 Å². The molecule has 0 spiro atoms. The molecule has 2 aromatic rings. The maximum atomic E-state index is 6.32. The number of aromatic nitrogens is 4. The molecule has 25 heavy (non-hydrogen) atoms. The predicted octanol–water partition coefficient (Wildman–Crippen LogP) is 4.05. The van der Waals surface area contributed by atoms with Gasteiger partial charge < -0.3 is 4.98 Å². The third-order valence-electron chi connectivity index (χ3n) is 4.61. The molecular formula is C19H28ClN5. The summed E-state index contributed by atoms with van der Waals surface area (Å²) in [6.07, 6.45) is 6.20. The molecule has 5 nitrogen and oxygen atoms in total. The summed E-state index contributed by atoms with van der Waals surface area (Å²) >= 11 is 6.32.